The van der Waals surface area contributed by atoms with E-state index >= 15 is 0 Å². The first-order chi connectivity index (χ1) is 10.1. The Morgan fingerprint density at radius 2 is 2.05 bits per heavy atom. The van der Waals surface area contributed by atoms with Gasteiger partial charge in [-0.2, -0.15) is 8.78 Å². The normalized spacial score (nSPS) is 15.8. The Kier molecular flexibility index (Phi) is 5.50. The Morgan fingerprint density at radius 1 is 1.33 bits per heavy atom. The van der Waals surface area contributed by atoms with E-state index in [0.717, 1.165) is 12.8 Å². The van der Waals surface area contributed by atoms with Crippen LogP contribution in [0.3, 0.4) is 0 Å². The van der Waals surface area contributed by atoms with Crippen LogP contribution in [-0.2, 0) is 4.79 Å². The van der Waals surface area contributed by atoms with Crippen molar-refractivity contribution in [2.24, 2.45) is 5.92 Å². The van der Waals surface area contributed by atoms with Crippen LogP contribution in [0.25, 0.3) is 0 Å². The number of hydrogen-bond acceptors (Lipinski definition) is 3. The number of hydrogen-bond donors (Lipinski definition) is 2. The molecule has 0 aliphatic heterocycles. The van der Waals surface area contributed by atoms with Crippen LogP contribution in [0.5, 0.6) is 5.75 Å². The molecule has 2 N–H and O–H groups in total. The maximum absolute atomic E-state index is 12.4. The molecule has 1 saturated carbocycles. The van der Waals surface area contributed by atoms with Crippen LogP contribution in [0.1, 0.15) is 31.4 Å². The third-order valence-electron chi connectivity index (χ3n) is 3.42. The molecule has 6 heteroatoms. The standard InChI is InChI=1S/C15H20F2N2O2/c1-10(18-8-9-19-14(20)11-6-7-11)12-4-2-3-5-13(12)21-15(16)17/h2-5,10-11,15,18H,6-9H2,1H3,(H,19,20). The monoisotopic (exact) mass is 298 g/mol. The van der Waals surface area contributed by atoms with Crippen molar-refractivity contribution in [2.45, 2.75) is 32.4 Å². The lowest BCUT2D eigenvalue weighted by atomic mass is 10.1. The summed E-state index contributed by atoms with van der Waals surface area (Å²) in [4.78, 5) is 11.5. The molecule has 2 rings (SSSR count). The average Bonchev–Trinajstić information content (AvgIpc) is 3.27. The Morgan fingerprint density at radius 3 is 2.71 bits per heavy atom. The van der Waals surface area contributed by atoms with Crippen LogP contribution < -0.4 is 15.4 Å². The van der Waals surface area contributed by atoms with E-state index in [1.54, 1.807) is 18.2 Å². The van der Waals surface area contributed by atoms with Gasteiger partial charge in [0.1, 0.15) is 5.75 Å². The molecule has 116 valence electrons. The summed E-state index contributed by atoms with van der Waals surface area (Å²) in [5.74, 6) is 0.475. The highest BCUT2D eigenvalue weighted by molar-refractivity contribution is 5.80. The van der Waals surface area contributed by atoms with Crippen molar-refractivity contribution in [3.8, 4) is 5.75 Å². The zero-order chi connectivity index (χ0) is 15.2. The predicted octanol–water partition coefficient (Wildman–Crippen LogP) is 2.46. The van der Waals surface area contributed by atoms with E-state index in [4.69, 9.17) is 0 Å². The molecule has 1 unspecified atom stereocenters. The van der Waals surface area contributed by atoms with Crippen molar-refractivity contribution in [3.05, 3.63) is 29.8 Å². The molecular formula is C15H20F2N2O2. The lowest BCUT2D eigenvalue weighted by Gasteiger charge is -2.18. The Hall–Kier alpha value is -1.69. The SMILES string of the molecule is CC(NCCNC(=O)C1CC1)c1ccccc1OC(F)F. The molecule has 1 aliphatic rings. The fourth-order valence-corrected chi connectivity index (χ4v) is 2.12. The second-order valence-corrected chi connectivity index (χ2v) is 5.16. The summed E-state index contributed by atoms with van der Waals surface area (Å²) in [6, 6.07) is 6.56. The zero-order valence-electron chi connectivity index (χ0n) is 11.9. The average molecular weight is 298 g/mol. The first-order valence-electron chi connectivity index (χ1n) is 7.12. The molecule has 0 aromatic heterocycles. The van der Waals surface area contributed by atoms with Crippen LogP contribution in [-0.4, -0.2) is 25.6 Å². The van der Waals surface area contributed by atoms with E-state index in [1.165, 1.54) is 6.07 Å². The van der Waals surface area contributed by atoms with Gasteiger partial charge in [-0.15, -0.1) is 0 Å². The van der Waals surface area contributed by atoms with Gasteiger partial charge < -0.3 is 15.4 Å². The van der Waals surface area contributed by atoms with Gasteiger partial charge >= 0.3 is 6.61 Å². The number of ether oxygens (including phenoxy) is 1. The molecule has 21 heavy (non-hydrogen) atoms. The number of para-hydroxylation sites is 1. The van der Waals surface area contributed by atoms with Gasteiger partial charge in [-0.05, 0) is 25.8 Å². The summed E-state index contributed by atoms with van der Waals surface area (Å²) in [5, 5.41) is 6.03. The van der Waals surface area contributed by atoms with Gasteiger partial charge in [-0.25, -0.2) is 0 Å². The number of alkyl halides is 2. The van der Waals surface area contributed by atoms with E-state index in [2.05, 4.69) is 15.4 Å². The van der Waals surface area contributed by atoms with E-state index in [-0.39, 0.29) is 23.6 Å². The summed E-state index contributed by atoms with van der Waals surface area (Å²) in [5.41, 5.74) is 0.673. The minimum atomic E-state index is -2.84. The first-order valence-corrected chi connectivity index (χ1v) is 7.12. The number of carbonyl (C=O) groups is 1. The van der Waals surface area contributed by atoms with Crippen molar-refractivity contribution in [1.82, 2.24) is 10.6 Å². The second-order valence-electron chi connectivity index (χ2n) is 5.16. The third-order valence-corrected chi connectivity index (χ3v) is 3.42. The largest absolute Gasteiger partial charge is 0.434 e. The lowest BCUT2D eigenvalue weighted by Crippen LogP contribution is -2.33. The molecule has 1 aliphatic carbocycles. The predicted molar refractivity (Wildman–Crippen MR) is 75.2 cm³/mol. The molecular weight excluding hydrogens is 278 g/mol. The van der Waals surface area contributed by atoms with Crippen LogP contribution in [0, 0.1) is 5.92 Å². The van der Waals surface area contributed by atoms with Crippen molar-refractivity contribution in [1.29, 1.82) is 0 Å². The number of halogens is 2. The summed E-state index contributed by atoms with van der Waals surface area (Å²) in [6.07, 6.45) is 1.96. The zero-order valence-corrected chi connectivity index (χ0v) is 11.9. The van der Waals surface area contributed by atoms with Crippen molar-refractivity contribution < 1.29 is 18.3 Å². The summed E-state index contributed by atoms with van der Waals surface area (Å²) >= 11 is 0. The molecule has 1 atom stereocenters. The molecule has 0 radical (unpaired) electrons. The van der Waals surface area contributed by atoms with Gasteiger partial charge in [0.2, 0.25) is 5.91 Å². The third kappa shape index (κ3) is 4.97. The van der Waals surface area contributed by atoms with E-state index in [0.29, 0.717) is 18.7 Å². The van der Waals surface area contributed by atoms with Crippen molar-refractivity contribution in [2.75, 3.05) is 13.1 Å². The maximum Gasteiger partial charge on any atom is 0.387 e. The second kappa shape index (κ2) is 7.36. The number of nitrogens with one attached hydrogen (secondary N) is 2. The number of rotatable bonds is 8. The number of amides is 1. The summed E-state index contributed by atoms with van der Waals surface area (Å²) in [7, 11) is 0. The molecule has 0 saturated heterocycles. The quantitative estimate of drug-likeness (QED) is 0.725. The lowest BCUT2D eigenvalue weighted by molar-refractivity contribution is -0.122. The molecule has 0 spiro atoms. The minimum absolute atomic E-state index is 0.103. The fraction of sp³-hybridized carbons (Fsp3) is 0.533. The van der Waals surface area contributed by atoms with E-state index < -0.39 is 6.61 Å². The topological polar surface area (TPSA) is 50.4 Å². The molecule has 0 heterocycles. The van der Waals surface area contributed by atoms with Crippen molar-refractivity contribution in [3.63, 3.8) is 0 Å². The van der Waals surface area contributed by atoms with Crippen molar-refractivity contribution >= 4 is 5.91 Å². The van der Waals surface area contributed by atoms with Crippen LogP contribution in [0.15, 0.2) is 24.3 Å². The van der Waals surface area contributed by atoms with E-state index in [9.17, 15) is 13.6 Å². The number of carbonyl (C=O) groups excluding carboxylic acids is 1. The van der Waals surface area contributed by atoms with Crippen LogP contribution in [0.2, 0.25) is 0 Å². The Labute approximate surface area is 122 Å². The Balaban J connectivity index is 1.79. The fourth-order valence-electron chi connectivity index (χ4n) is 2.12. The van der Waals surface area contributed by atoms with Gasteiger partial charge in [0.25, 0.3) is 0 Å². The minimum Gasteiger partial charge on any atom is -0.434 e. The highest BCUT2D eigenvalue weighted by Gasteiger charge is 2.29. The van der Waals surface area contributed by atoms with E-state index in [1.807, 2.05) is 6.92 Å². The van der Waals surface area contributed by atoms with Crippen LogP contribution in [0.4, 0.5) is 8.78 Å². The van der Waals surface area contributed by atoms with Gasteiger partial charge in [-0.3, -0.25) is 4.79 Å². The molecule has 4 nitrogen and oxygen atoms in total. The molecule has 1 amide bonds. The Bertz CT molecular complexity index is 478. The van der Waals surface area contributed by atoms with Gasteiger partial charge in [0.05, 0.1) is 0 Å². The van der Waals surface area contributed by atoms with Gasteiger partial charge in [0, 0.05) is 30.6 Å². The molecule has 1 fully saturated rings. The maximum atomic E-state index is 12.4. The first kappa shape index (κ1) is 15.7. The smallest absolute Gasteiger partial charge is 0.387 e. The van der Waals surface area contributed by atoms with Crippen LogP contribution >= 0.6 is 0 Å². The molecule has 1 aromatic rings. The number of benzene rings is 1. The highest BCUT2D eigenvalue weighted by atomic mass is 19.3. The highest BCUT2D eigenvalue weighted by Crippen LogP contribution is 2.28. The molecule has 0 bridgehead atoms. The summed E-state index contributed by atoms with van der Waals surface area (Å²) < 4.78 is 29.2. The van der Waals surface area contributed by atoms with Gasteiger partial charge in [-0.1, -0.05) is 18.2 Å². The summed E-state index contributed by atoms with van der Waals surface area (Å²) in [6.45, 7) is 0.132. The molecule has 1 aromatic carbocycles. The van der Waals surface area contributed by atoms with Gasteiger partial charge in [0.15, 0.2) is 0 Å².